The van der Waals surface area contributed by atoms with Gasteiger partial charge in [-0.05, 0) is 55.0 Å². The minimum Gasteiger partial charge on any atom is -0.493 e. The second-order valence-corrected chi connectivity index (χ2v) is 11.0. The lowest BCUT2D eigenvalue weighted by molar-refractivity contribution is 0.188. The molecule has 2 aromatic rings. The number of sulfone groups is 1. The van der Waals surface area contributed by atoms with Crippen LogP contribution in [0, 0.1) is 12.8 Å². The molecule has 1 saturated heterocycles. The highest BCUT2D eigenvalue weighted by atomic mass is 32.2. The smallest absolute Gasteiger partial charge is 0.184 e. The van der Waals surface area contributed by atoms with Gasteiger partial charge in [-0.3, -0.25) is 4.90 Å². The molecule has 4 nitrogen and oxygen atoms in total. The molecule has 1 heterocycles. The van der Waals surface area contributed by atoms with Crippen LogP contribution >= 0.6 is 0 Å². The summed E-state index contributed by atoms with van der Waals surface area (Å²) < 4.78 is 32.2. The molecule has 0 aliphatic carbocycles. The molecule has 0 bridgehead atoms. The molecule has 1 aliphatic rings. The van der Waals surface area contributed by atoms with Crippen LogP contribution in [0.4, 0.5) is 0 Å². The third kappa shape index (κ3) is 5.50. The molecule has 0 spiro atoms. The van der Waals surface area contributed by atoms with E-state index < -0.39 is 14.6 Å². The highest BCUT2D eigenvalue weighted by molar-refractivity contribution is 7.92. The molecule has 1 aliphatic heterocycles. The maximum atomic E-state index is 13.6. The van der Waals surface area contributed by atoms with Gasteiger partial charge in [0.15, 0.2) is 9.84 Å². The van der Waals surface area contributed by atoms with E-state index >= 15 is 0 Å². The first kappa shape index (κ1) is 23.8. The number of nitrogens with zero attached hydrogens (tertiary/aromatic N) is 1. The first-order valence-corrected chi connectivity index (χ1v) is 13.0. The summed E-state index contributed by atoms with van der Waals surface area (Å²) in [6, 6.07) is 17.3. The van der Waals surface area contributed by atoms with E-state index in [2.05, 4.69) is 37.8 Å². The van der Waals surface area contributed by atoms with E-state index in [9.17, 15) is 8.42 Å². The Labute approximate surface area is 188 Å². The monoisotopic (exact) mass is 442 g/mol. The van der Waals surface area contributed by atoms with Crippen LogP contribution in [-0.4, -0.2) is 37.8 Å². The van der Waals surface area contributed by atoms with E-state index in [1.54, 1.807) is 24.3 Å². The fraction of sp³-hybridized carbons (Fsp3) is 0.500. The van der Waals surface area contributed by atoms with E-state index in [4.69, 9.17) is 4.74 Å². The van der Waals surface area contributed by atoms with Crippen molar-refractivity contribution in [2.75, 3.05) is 19.7 Å². The van der Waals surface area contributed by atoms with Gasteiger partial charge < -0.3 is 4.74 Å². The highest BCUT2D eigenvalue weighted by Crippen LogP contribution is 2.38. The number of rotatable bonds is 10. The van der Waals surface area contributed by atoms with Gasteiger partial charge in [0, 0.05) is 19.6 Å². The highest BCUT2D eigenvalue weighted by Gasteiger charge is 2.45. The lowest BCUT2D eigenvalue weighted by atomic mass is 9.93. The molecule has 0 amide bonds. The molecule has 169 valence electrons. The molecule has 1 fully saturated rings. The Morgan fingerprint density at radius 1 is 1.00 bits per heavy atom. The molecule has 0 unspecified atom stereocenters. The third-order valence-corrected chi connectivity index (χ3v) is 9.46. The first-order valence-electron chi connectivity index (χ1n) is 11.5. The summed E-state index contributed by atoms with van der Waals surface area (Å²) in [7, 11) is -3.47. The largest absolute Gasteiger partial charge is 0.493 e. The van der Waals surface area contributed by atoms with Gasteiger partial charge in [0.25, 0.3) is 0 Å². The number of piperidine rings is 1. The van der Waals surface area contributed by atoms with Crippen molar-refractivity contribution in [3.63, 3.8) is 0 Å². The second-order valence-electron chi connectivity index (χ2n) is 8.66. The Morgan fingerprint density at radius 3 is 2.16 bits per heavy atom. The lowest BCUT2D eigenvalue weighted by Crippen LogP contribution is -2.48. The summed E-state index contributed by atoms with van der Waals surface area (Å²) in [6.07, 6.45) is 3.77. The Balaban J connectivity index is 1.66. The Bertz CT molecular complexity index is 897. The van der Waals surface area contributed by atoms with Crippen molar-refractivity contribution < 1.29 is 13.2 Å². The van der Waals surface area contributed by atoms with Gasteiger partial charge in [0.05, 0.1) is 16.2 Å². The van der Waals surface area contributed by atoms with E-state index in [-0.39, 0.29) is 0 Å². The number of hydrogen-bond acceptors (Lipinski definition) is 4. The van der Waals surface area contributed by atoms with Crippen LogP contribution in [0.3, 0.4) is 0 Å². The summed E-state index contributed by atoms with van der Waals surface area (Å²) in [5, 5.41) is 0. The van der Waals surface area contributed by atoms with Crippen molar-refractivity contribution in [3.05, 3.63) is 67.1 Å². The summed E-state index contributed by atoms with van der Waals surface area (Å²) >= 11 is 0. The van der Waals surface area contributed by atoms with Crippen LogP contribution in [0.25, 0.3) is 0 Å². The van der Waals surface area contributed by atoms with E-state index in [1.165, 1.54) is 5.56 Å². The fourth-order valence-corrected chi connectivity index (χ4v) is 6.30. The molecule has 5 heteroatoms. The third-order valence-electron chi connectivity index (χ3n) is 6.82. The van der Waals surface area contributed by atoms with Crippen molar-refractivity contribution in [2.24, 2.45) is 5.92 Å². The number of benzene rings is 2. The number of hydrogen-bond donors (Lipinski definition) is 0. The van der Waals surface area contributed by atoms with E-state index in [0.717, 1.165) is 38.2 Å². The van der Waals surface area contributed by atoms with Gasteiger partial charge in [-0.15, -0.1) is 0 Å². The lowest BCUT2D eigenvalue weighted by Gasteiger charge is -2.40. The fourth-order valence-electron chi connectivity index (χ4n) is 4.32. The molecule has 31 heavy (non-hydrogen) atoms. The zero-order chi connectivity index (χ0) is 22.3. The predicted octanol–water partition coefficient (Wildman–Crippen LogP) is 5.53. The summed E-state index contributed by atoms with van der Waals surface area (Å²) in [5.74, 6) is 1.26. The Hall–Kier alpha value is -1.85. The van der Waals surface area contributed by atoms with Crippen LogP contribution in [0.5, 0.6) is 5.75 Å². The zero-order valence-electron chi connectivity index (χ0n) is 18.9. The van der Waals surface area contributed by atoms with Gasteiger partial charge in [0.1, 0.15) is 5.75 Å². The normalized spacial score (nSPS) is 17.0. The van der Waals surface area contributed by atoms with Crippen molar-refractivity contribution in [1.29, 1.82) is 0 Å². The molecule has 0 aromatic heterocycles. The SMILES string of the molecule is [CH2]CC1(S(=O)(=O)c2ccc(OCC(CC)CC)cc2)CCN(Cc2ccccc2)CC1. The Kier molecular flexibility index (Phi) is 8.17. The predicted molar refractivity (Wildman–Crippen MR) is 127 cm³/mol. The summed E-state index contributed by atoms with van der Waals surface area (Å²) in [6.45, 7) is 11.4. The maximum Gasteiger partial charge on any atom is 0.184 e. The van der Waals surface area contributed by atoms with Gasteiger partial charge in [0.2, 0.25) is 0 Å². The van der Waals surface area contributed by atoms with Crippen LogP contribution in [0.1, 0.15) is 51.5 Å². The van der Waals surface area contributed by atoms with E-state index in [1.807, 2.05) is 18.2 Å². The van der Waals surface area contributed by atoms with Gasteiger partial charge in [-0.25, -0.2) is 8.42 Å². The van der Waals surface area contributed by atoms with Gasteiger partial charge in [-0.1, -0.05) is 63.9 Å². The molecule has 3 rings (SSSR count). The Morgan fingerprint density at radius 2 is 1.61 bits per heavy atom. The molecular formula is C26H36NO3S. The van der Waals surface area contributed by atoms with Crippen molar-refractivity contribution in [2.45, 2.75) is 62.1 Å². The van der Waals surface area contributed by atoms with Crippen LogP contribution < -0.4 is 4.74 Å². The van der Waals surface area contributed by atoms with Crippen molar-refractivity contribution in [3.8, 4) is 5.75 Å². The molecule has 2 aromatic carbocycles. The molecular weight excluding hydrogens is 406 g/mol. The summed E-state index contributed by atoms with van der Waals surface area (Å²) in [5.41, 5.74) is 1.26. The first-order chi connectivity index (χ1) is 14.9. The van der Waals surface area contributed by atoms with Crippen molar-refractivity contribution >= 4 is 9.84 Å². The molecule has 0 saturated carbocycles. The summed E-state index contributed by atoms with van der Waals surface area (Å²) in [4.78, 5) is 2.72. The molecule has 0 atom stereocenters. The average molecular weight is 443 g/mol. The van der Waals surface area contributed by atoms with Gasteiger partial charge in [-0.2, -0.15) is 0 Å². The minimum absolute atomic E-state index is 0.377. The van der Waals surface area contributed by atoms with Crippen LogP contribution in [0.15, 0.2) is 59.5 Å². The number of ether oxygens (including phenoxy) is 1. The standard InChI is InChI=1S/C26H36NO3S/c1-4-22(5-2)21-30-24-12-14-25(15-13-24)31(28,29)26(6-3)16-18-27(19-17-26)20-23-10-8-7-9-11-23/h7-15,22H,3-6,16-21H2,1-2H3. The van der Waals surface area contributed by atoms with E-state index in [0.29, 0.717) is 36.7 Å². The van der Waals surface area contributed by atoms with Gasteiger partial charge >= 0.3 is 0 Å². The second kappa shape index (κ2) is 10.6. The van der Waals surface area contributed by atoms with Crippen LogP contribution in [-0.2, 0) is 16.4 Å². The zero-order valence-corrected chi connectivity index (χ0v) is 19.7. The minimum atomic E-state index is -3.47. The quantitative estimate of drug-likeness (QED) is 0.485. The molecule has 1 radical (unpaired) electrons. The topological polar surface area (TPSA) is 46.6 Å². The molecule has 0 N–H and O–H groups in total. The number of likely N-dealkylation sites (tertiary alicyclic amines) is 1. The average Bonchev–Trinajstić information content (AvgIpc) is 2.81. The van der Waals surface area contributed by atoms with Crippen molar-refractivity contribution in [1.82, 2.24) is 4.90 Å². The maximum absolute atomic E-state index is 13.6. The van der Waals surface area contributed by atoms with Crippen LogP contribution in [0.2, 0.25) is 0 Å².